The minimum Gasteiger partial charge on any atom is -0.292 e. The standard InChI is InChI=1S/C20H20ClN5OS/c21-16-9-5-4-8-15(16)18-22-20(25-24-18)23-19(27)17(14-6-2-1-3-7-14)26-10-12-28-13-11-26/h1-9,17H,10-13H2,(H2,22,23,24,25,27). The largest absolute Gasteiger partial charge is 0.292 e. The zero-order valence-corrected chi connectivity index (χ0v) is 16.7. The number of hydrogen-bond donors (Lipinski definition) is 2. The number of carbonyl (C=O) groups is 1. The van der Waals surface area contributed by atoms with Crippen LogP contribution in [0.25, 0.3) is 11.4 Å². The third kappa shape index (κ3) is 4.22. The number of thioether (sulfide) groups is 1. The van der Waals surface area contributed by atoms with Gasteiger partial charge < -0.3 is 0 Å². The van der Waals surface area contributed by atoms with Crippen LogP contribution in [0.5, 0.6) is 0 Å². The van der Waals surface area contributed by atoms with E-state index in [1.807, 2.05) is 60.3 Å². The van der Waals surface area contributed by atoms with Gasteiger partial charge in [0.25, 0.3) is 0 Å². The minimum absolute atomic E-state index is 0.136. The molecule has 3 aromatic rings. The van der Waals surface area contributed by atoms with Gasteiger partial charge in [0.2, 0.25) is 11.9 Å². The molecule has 1 atom stereocenters. The number of nitrogens with one attached hydrogen (secondary N) is 2. The SMILES string of the molecule is O=C(Nc1n[nH]c(-c2ccccc2Cl)n1)C(c1ccccc1)N1CCSCC1. The molecule has 1 aliphatic rings. The molecule has 1 aromatic heterocycles. The van der Waals surface area contributed by atoms with Crippen molar-refractivity contribution in [3.8, 4) is 11.4 Å². The van der Waals surface area contributed by atoms with Crippen molar-refractivity contribution in [2.45, 2.75) is 6.04 Å². The topological polar surface area (TPSA) is 73.9 Å². The number of hydrogen-bond acceptors (Lipinski definition) is 5. The van der Waals surface area contributed by atoms with Crippen LogP contribution >= 0.6 is 23.4 Å². The lowest BCUT2D eigenvalue weighted by Gasteiger charge is -2.33. The summed E-state index contributed by atoms with van der Waals surface area (Å²) in [6, 6.07) is 16.8. The van der Waals surface area contributed by atoms with E-state index in [9.17, 15) is 4.79 Å². The second kappa shape index (κ2) is 8.77. The van der Waals surface area contributed by atoms with Crippen molar-refractivity contribution >= 4 is 35.2 Å². The number of halogens is 1. The highest BCUT2D eigenvalue weighted by Gasteiger charge is 2.29. The summed E-state index contributed by atoms with van der Waals surface area (Å²) in [5.41, 5.74) is 1.71. The number of nitrogens with zero attached hydrogens (tertiary/aromatic N) is 3. The van der Waals surface area contributed by atoms with Gasteiger partial charge >= 0.3 is 0 Å². The number of benzene rings is 2. The average molecular weight is 414 g/mol. The van der Waals surface area contributed by atoms with Crippen LogP contribution in [-0.2, 0) is 4.79 Å². The summed E-state index contributed by atoms with van der Waals surface area (Å²) in [6.07, 6.45) is 0. The molecule has 0 bridgehead atoms. The van der Waals surface area contributed by atoms with Gasteiger partial charge in [0.05, 0.1) is 5.02 Å². The molecule has 1 unspecified atom stereocenters. The molecule has 1 fully saturated rings. The predicted molar refractivity (Wildman–Crippen MR) is 114 cm³/mol. The molecule has 2 N–H and O–H groups in total. The molecule has 8 heteroatoms. The van der Waals surface area contributed by atoms with Gasteiger partial charge in [0.1, 0.15) is 6.04 Å². The Morgan fingerprint density at radius 2 is 1.82 bits per heavy atom. The maximum absolute atomic E-state index is 13.1. The first-order valence-electron chi connectivity index (χ1n) is 9.07. The van der Waals surface area contributed by atoms with Gasteiger partial charge in [-0.2, -0.15) is 16.7 Å². The highest BCUT2D eigenvalue weighted by molar-refractivity contribution is 7.99. The zero-order chi connectivity index (χ0) is 19.3. The first kappa shape index (κ1) is 19.0. The van der Waals surface area contributed by atoms with Crippen molar-refractivity contribution in [2.24, 2.45) is 0 Å². The second-order valence-corrected chi connectivity index (χ2v) is 8.07. The maximum atomic E-state index is 13.1. The summed E-state index contributed by atoms with van der Waals surface area (Å²) in [7, 11) is 0. The zero-order valence-electron chi connectivity index (χ0n) is 15.1. The Morgan fingerprint density at radius 1 is 1.11 bits per heavy atom. The van der Waals surface area contributed by atoms with Gasteiger partial charge in [-0.15, -0.1) is 5.10 Å². The van der Waals surface area contributed by atoms with Crippen LogP contribution in [0.3, 0.4) is 0 Å². The molecule has 144 valence electrons. The molecule has 0 saturated carbocycles. The van der Waals surface area contributed by atoms with Crippen molar-refractivity contribution in [3.63, 3.8) is 0 Å². The molecule has 2 aromatic carbocycles. The number of aromatic nitrogens is 3. The first-order valence-corrected chi connectivity index (χ1v) is 10.6. The Morgan fingerprint density at radius 3 is 2.57 bits per heavy atom. The highest BCUT2D eigenvalue weighted by Crippen LogP contribution is 2.27. The smallest absolute Gasteiger partial charge is 0.249 e. The lowest BCUT2D eigenvalue weighted by atomic mass is 10.0. The third-order valence-electron chi connectivity index (χ3n) is 4.62. The quantitative estimate of drug-likeness (QED) is 0.664. The third-order valence-corrected chi connectivity index (χ3v) is 5.90. The summed E-state index contributed by atoms with van der Waals surface area (Å²) < 4.78 is 0. The second-order valence-electron chi connectivity index (χ2n) is 6.44. The lowest BCUT2D eigenvalue weighted by molar-refractivity contribution is -0.121. The van der Waals surface area contributed by atoms with Crippen LogP contribution in [0.2, 0.25) is 5.02 Å². The van der Waals surface area contributed by atoms with Crippen molar-refractivity contribution in [1.29, 1.82) is 0 Å². The summed E-state index contributed by atoms with van der Waals surface area (Å²) in [5, 5.41) is 10.4. The molecule has 1 amide bonds. The van der Waals surface area contributed by atoms with Crippen LogP contribution in [0.4, 0.5) is 5.95 Å². The number of H-pyrrole nitrogens is 1. The molecule has 0 aliphatic carbocycles. The van der Waals surface area contributed by atoms with Crippen molar-refractivity contribution < 1.29 is 4.79 Å². The summed E-state index contributed by atoms with van der Waals surface area (Å²) in [5.74, 6) is 2.67. The van der Waals surface area contributed by atoms with E-state index in [1.54, 1.807) is 6.07 Å². The Balaban J connectivity index is 1.56. The number of rotatable bonds is 5. The van der Waals surface area contributed by atoms with E-state index in [4.69, 9.17) is 11.6 Å². The Labute approximate surface area is 172 Å². The molecular formula is C20H20ClN5OS. The van der Waals surface area contributed by atoms with Crippen molar-refractivity contribution in [1.82, 2.24) is 20.1 Å². The van der Waals surface area contributed by atoms with Crippen molar-refractivity contribution in [3.05, 3.63) is 65.2 Å². The van der Waals surface area contributed by atoms with Crippen LogP contribution in [0.1, 0.15) is 11.6 Å². The Hall–Kier alpha value is -2.35. The normalized spacial score (nSPS) is 15.9. The molecule has 0 radical (unpaired) electrons. The summed E-state index contributed by atoms with van der Waals surface area (Å²) in [4.78, 5) is 19.8. The van der Waals surface area contributed by atoms with Gasteiger partial charge in [-0.05, 0) is 17.7 Å². The van der Waals surface area contributed by atoms with Gasteiger partial charge in [-0.25, -0.2) is 0 Å². The van der Waals surface area contributed by atoms with Gasteiger partial charge in [0, 0.05) is 30.2 Å². The van der Waals surface area contributed by atoms with E-state index >= 15 is 0 Å². The predicted octanol–water partition coefficient (Wildman–Crippen LogP) is 3.85. The number of anilines is 1. The molecule has 6 nitrogen and oxygen atoms in total. The molecule has 2 heterocycles. The molecule has 1 aliphatic heterocycles. The lowest BCUT2D eigenvalue weighted by Crippen LogP contribution is -2.42. The highest BCUT2D eigenvalue weighted by atomic mass is 35.5. The van der Waals surface area contributed by atoms with E-state index in [1.165, 1.54) is 0 Å². The number of carbonyl (C=O) groups excluding carboxylic acids is 1. The van der Waals surface area contributed by atoms with Crippen molar-refractivity contribution in [2.75, 3.05) is 29.9 Å². The first-order chi connectivity index (χ1) is 13.7. The van der Waals surface area contributed by atoms with E-state index in [0.29, 0.717) is 10.8 Å². The van der Waals surface area contributed by atoms with Crippen LogP contribution in [0, 0.1) is 0 Å². The van der Waals surface area contributed by atoms with E-state index < -0.39 is 0 Å². The number of aromatic amines is 1. The van der Waals surface area contributed by atoms with Gasteiger partial charge in [-0.3, -0.25) is 20.1 Å². The van der Waals surface area contributed by atoms with E-state index in [-0.39, 0.29) is 17.9 Å². The molecule has 1 saturated heterocycles. The fourth-order valence-corrected chi connectivity index (χ4v) is 4.43. The van der Waals surface area contributed by atoms with Crippen LogP contribution in [0.15, 0.2) is 54.6 Å². The van der Waals surface area contributed by atoms with Gasteiger partial charge in [0.15, 0.2) is 5.82 Å². The van der Waals surface area contributed by atoms with Crippen LogP contribution < -0.4 is 5.32 Å². The van der Waals surface area contributed by atoms with E-state index in [2.05, 4.69) is 25.4 Å². The maximum Gasteiger partial charge on any atom is 0.249 e. The monoisotopic (exact) mass is 413 g/mol. The average Bonchev–Trinajstić information content (AvgIpc) is 3.18. The van der Waals surface area contributed by atoms with Crippen LogP contribution in [-0.4, -0.2) is 50.6 Å². The molecule has 0 spiro atoms. The fourth-order valence-electron chi connectivity index (χ4n) is 3.27. The Kier molecular flexibility index (Phi) is 5.95. The summed E-state index contributed by atoms with van der Waals surface area (Å²) >= 11 is 8.14. The van der Waals surface area contributed by atoms with Gasteiger partial charge in [-0.1, -0.05) is 54.1 Å². The van der Waals surface area contributed by atoms with E-state index in [0.717, 1.165) is 35.7 Å². The fraction of sp³-hybridized carbons (Fsp3) is 0.250. The minimum atomic E-state index is -0.371. The number of amides is 1. The Bertz CT molecular complexity index is 943. The molecular weight excluding hydrogens is 394 g/mol. The molecule has 4 rings (SSSR count). The summed E-state index contributed by atoms with van der Waals surface area (Å²) in [6.45, 7) is 1.74. The molecule has 28 heavy (non-hydrogen) atoms.